The van der Waals surface area contributed by atoms with Gasteiger partial charge < -0.3 is 10.6 Å². The van der Waals surface area contributed by atoms with Gasteiger partial charge in [0, 0.05) is 39.3 Å². The van der Waals surface area contributed by atoms with Crippen molar-refractivity contribution in [1.82, 2.24) is 0 Å². The van der Waals surface area contributed by atoms with E-state index in [1.807, 2.05) is 6.07 Å². The molecule has 0 radical (unpaired) electrons. The third-order valence-electron chi connectivity index (χ3n) is 3.42. The maximum atomic E-state index is 5.69. The first kappa shape index (κ1) is 15.1. The first-order valence-corrected chi connectivity index (χ1v) is 8.56. The molecule has 1 aromatic carbocycles. The molecule has 1 heterocycles. The van der Waals surface area contributed by atoms with Gasteiger partial charge in [-0.15, -0.1) is 0 Å². The van der Waals surface area contributed by atoms with E-state index in [0.717, 1.165) is 23.1 Å². The lowest BCUT2D eigenvalue weighted by molar-refractivity contribution is 0.638. The second-order valence-corrected chi connectivity index (χ2v) is 8.47. The predicted octanol–water partition coefficient (Wildman–Crippen LogP) is 3.81. The molecule has 0 bridgehead atoms. The van der Waals surface area contributed by atoms with E-state index in [4.69, 9.17) is 18.0 Å². The molecule has 0 unspecified atom stereocenters. The van der Waals surface area contributed by atoms with Gasteiger partial charge in [-0.1, -0.05) is 26.1 Å². The van der Waals surface area contributed by atoms with Crippen molar-refractivity contribution >= 4 is 50.6 Å². The lowest BCUT2D eigenvalue weighted by atomic mass is 10.1. The summed E-state index contributed by atoms with van der Waals surface area (Å²) in [7, 11) is 0. The summed E-state index contributed by atoms with van der Waals surface area (Å²) >= 11 is 10.6. The predicted molar refractivity (Wildman–Crippen MR) is 93.4 cm³/mol. The normalized spacial score (nSPS) is 19.0. The highest BCUT2D eigenvalue weighted by atomic mass is 79.9. The topological polar surface area (TPSA) is 29.3 Å². The van der Waals surface area contributed by atoms with Crippen molar-refractivity contribution in [1.29, 1.82) is 0 Å². The lowest BCUT2D eigenvalue weighted by Crippen LogP contribution is -2.27. The highest BCUT2D eigenvalue weighted by molar-refractivity contribution is 9.10. The van der Waals surface area contributed by atoms with Crippen LogP contribution in [0.5, 0.6) is 0 Å². The number of halogens is 1. The van der Waals surface area contributed by atoms with Crippen molar-refractivity contribution in [3.05, 3.63) is 28.2 Å². The maximum absolute atomic E-state index is 5.69. The molecule has 1 fully saturated rings. The van der Waals surface area contributed by atoms with Crippen LogP contribution >= 0.6 is 39.9 Å². The zero-order chi connectivity index (χ0) is 14.0. The first-order valence-electron chi connectivity index (χ1n) is 6.37. The molecule has 1 aliphatic heterocycles. The molecule has 0 saturated carbocycles. The van der Waals surface area contributed by atoms with Crippen molar-refractivity contribution in [2.45, 2.75) is 25.0 Å². The summed E-state index contributed by atoms with van der Waals surface area (Å²) in [5.74, 6) is 1.17. The Bertz CT molecular complexity index is 488. The van der Waals surface area contributed by atoms with E-state index in [1.54, 1.807) is 0 Å². The van der Waals surface area contributed by atoms with Crippen molar-refractivity contribution in [3.63, 3.8) is 0 Å². The molecule has 0 atom stereocenters. The van der Waals surface area contributed by atoms with Gasteiger partial charge in [-0.3, -0.25) is 0 Å². The Morgan fingerprint density at radius 3 is 2.79 bits per heavy atom. The monoisotopic (exact) mass is 358 g/mol. The van der Waals surface area contributed by atoms with Gasteiger partial charge in [0.25, 0.3) is 0 Å². The Kier molecular flexibility index (Phi) is 4.79. The largest absolute Gasteiger partial charge is 0.389 e. The van der Waals surface area contributed by atoms with Crippen molar-refractivity contribution in [3.8, 4) is 0 Å². The minimum Gasteiger partial charge on any atom is -0.389 e. The summed E-state index contributed by atoms with van der Waals surface area (Å²) < 4.78 is 1.36. The maximum Gasteiger partial charge on any atom is 0.105 e. The summed E-state index contributed by atoms with van der Waals surface area (Å²) in [5.41, 5.74) is 7.83. The second kappa shape index (κ2) is 6.02. The second-order valence-electron chi connectivity index (χ2n) is 5.37. The fourth-order valence-electron chi connectivity index (χ4n) is 2.18. The van der Waals surface area contributed by atoms with Crippen molar-refractivity contribution in [2.24, 2.45) is 5.73 Å². The fraction of sp³-hybridized carbons (Fsp3) is 0.500. The lowest BCUT2D eigenvalue weighted by Gasteiger charge is -2.24. The molecule has 19 heavy (non-hydrogen) atoms. The third-order valence-corrected chi connectivity index (χ3v) is 5.67. The minimum absolute atomic E-state index is 0.380. The molecular formula is C14H19BrN2S2. The van der Waals surface area contributed by atoms with Crippen LogP contribution in [0.3, 0.4) is 0 Å². The third kappa shape index (κ3) is 3.86. The summed E-state index contributed by atoms with van der Waals surface area (Å²) in [6.07, 6.45) is 1.20. The molecular weight excluding hydrogens is 340 g/mol. The number of thiocarbonyl (C=S) groups is 1. The average Bonchev–Trinajstić information content (AvgIpc) is 2.49. The smallest absolute Gasteiger partial charge is 0.105 e. The number of hydrogen-bond donors (Lipinski definition) is 1. The van der Waals surface area contributed by atoms with E-state index in [0.29, 0.717) is 9.74 Å². The summed E-state index contributed by atoms with van der Waals surface area (Å²) in [5, 5.41) is 0. The molecule has 0 amide bonds. The molecule has 1 aliphatic rings. The van der Waals surface area contributed by atoms with Gasteiger partial charge in [0.05, 0.1) is 0 Å². The number of rotatable bonds is 2. The number of nitrogens with zero attached hydrogens (tertiary/aromatic N) is 1. The summed E-state index contributed by atoms with van der Waals surface area (Å²) in [6, 6.07) is 6.24. The van der Waals surface area contributed by atoms with Crippen LogP contribution in [0.15, 0.2) is 22.7 Å². The Morgan fingerprint density at radius 2 is 2.16 bits per heavy atom. The standard InChI is InChI=1S/C14H19BrN2S2/c1-14(2)5-6-17(7-8-19-14)10-3-4-11(13(16)18)12(15)9-10/h3-4,9H,5-8H2,1-2H3,(H2,16,18). The molecule has 1 saturated heterocycles. The van der Waals surface area contributed by atoms with Crippen LogP contribution in [-0.4, -0.2) is 28.6 Å². The average molecular weight is 359 g/mol. The molecule has 0 aromatic heterocycles. The Morgan fingerprint density at radius 1 is 1.42 bits per heavy atom. The van der Waals surface area contributed by atoms with Gasteiger partial charge >= 0.3 is 0 Å². The molecule has 5 heteroatoms. The van der Waals surface area contributed by atoms with Gasteiger partial charge in [-0.2, -0.15) is 11.8 Å². The SMILES string of the molecule is CC1(C)CCN(c2ccc(C(N)=S)c(Br)c2)CCS1. The van der Waals surface area contributed by atoms with Crippen LogP contribution in [0.1, 0.15) is 25.8 Å². The first-order chi connectivity index (χ1) is 8.89. The Labute approximate surface area is 133 Å². The highest BCUT2D eigenvalue weighted by Crippen LogP contribution is 2.33. The number of thioether (sulfide) groups is 1. The molecule has 0 spiro atoms. The van der Waals surface area contributed by atoms with Crippen molar-refractivity contribution in [2.75, 3.05) is 23.7 Å². The molecule has 2 rings (SSSR count). The highest BCUT2D eigenvalue weighted by Gasteiger charge is 2.23. The van der Waals surface area contributed by atoms with Crippen LogP contribution < -0.4 is 10.6 Å². The van der Waals surface area contributed by atoms with Gasteiger partial charge in [0.15, 0.2) is 0 Å². The van der Waals surface area contributed by atoms with Crippen LogP contribution in [0.4, 0.5) is 5.69 Å². The van der Waals surface area contributed by atoms with Gasteiger partial charge in [-0.25, -0.2) is 0 Å². The van der Waals surface area contributed by atoms with Crippen LogP contribution in [0.2, 0.25) is 0 Å². The van der Waals surface area contributed by atoms with E-state index in [2.05, 4.69) is 58.6 Å². The fourth-order valence-corrected chi connectivity index (χ4v) is 4.17. The van der Waals surface area contributed by atoms with E-state index >= 15 is 0 Å². The van der Waals surface area contributed by atoms with Crippen LogP contribution in [-0.2, 0) is 0 Å². The molecule has 2 N–H and O–H groups in total. The minimum atomic E-state index is 0.380. The summed E-state index contributed by atoms with van der Waals surface area (Å²) in [4.78, 5) is 2.88. The van der Waals surface area contributed by atoms with Crippen LogP contribution in [0.25, 0.3) is 0 Å². The van der Waals surface area contributed by atoms with Crippen LogP contribution in [0, 0.1) is 0 Å². The zero-order valence-corrected chi connectivity index (χ0v) is 14.5. The van der Waals surface area contributed by atoms with Gasteiger partial charge in [0.1, 0.15) is 4.99 Å². The number of anilines is 1. The van der Waals surface area contributed by atoms with E-state index in [1.165, 1.54) is 17.9 Å². The zero-order valence-electron chi connectivity index (χ0n) is 11.3. The molecule has 2 nitrogen and oxygen atoms in total. The quantitative estimate of drug-likeness (QED) is 0.814. The Hall–Kier alpha value is -0.260. The van der Waals surface area contributed by atoms with Crippen molar-refractivity contribution < 1.29 is 0 Å². The number of benzene rings is 1. The van der Waals surface area contributed by atoms with E-state index < -0.39 is 0 Å². The van der Waals surface area contributed by atoms with Gasteiger partial charge in [0.2, 0.25) is 0 Å². The molecule has 1 aromatic rings. The number of hydrogen-bond acceptors (Lipinski definition) is 3. The van der Waals surface area contributed by atoms with E-state index in [-0.39, 0.29) is 0 Å². The molecule has 0 aliphatic carbocycles. The summed E-state index contributed by atoms with van der Waals surface area (Å²) in [6.45, 7) is 6.84. The van der Waals surface area contributed by atoms with Gasteiger partial charge in [-0.05, 0) is 40.5 Å². The Balaban J connectivity index is 2.18. The molecule has 104 valence electrons. The van der Waals surface area contributed by atoms with E-state index in [9.17, 15) is 0 Å². The number of nitrogens with two attached hydrogens (primary N) is 1.